The summed E-state index contributed by atoms with van der Waals surface area (Å²) in [5, 5.41) is 5.62. The molecule has 0 bridgehead atoms. The van der Waals surface area contributed by atoms with Crippen LogP contribution in [-0.2, 0) is 0 Å². The molecule has 1 aliphatic heterocycles. The van der Waals surface area contributed by atoms with Crippen LogP contribution in [-0.4, -0.2) is 37.1 Å². The molecule has 2 amide bonds. The van der Waals surface area contributed by atoms with E-state index in [0.717, 1.165) is 18.7 Å². The SMILES string of the molecule is Nc1cccc(NC(=O)NCCCN2CCCC2)c1. The highest BCUT2D eigenvalue weighted by Crippen LogP contribution is 2.11. The Kier molecular flexibility index (Phi) is 5.03. The number of nitrogens with one attached hydrogen (secondary N) is 2. The Morgan fingerprint density at radius 3 is 2.84 bits per heavy atom. The van der Waals surface area contributed by atoms with Gasteiger partial charge in [-0.2, -0.15) is 0 Å². The van der Waals surface area contributed by atoms with E-state index in [0.29, 0.717) is 12.2 Å². The summed E-state index contributed by atoms with van der Waals surface area (Å²) in [5.41, 5.74) is 7.01. The van der Waals surface area contributed by atoms with Gasteiger partial charge in [-0.05, 0) is 57.1 Å². The molecular weight excluding hydrogens is 240 g/mol. The van der Waals surface area contributed by atoms with Crippen LogP contribution >= 0.6 is 0 Å². The zero-order chi connectivity index (χ0) is 13.5. The van der Waals surface area contributed by atoms with Crippen molar-refractivity contribution in [3.63, 3.8) is 0 Å². The average molecular weight is 262 g/mol. The van der Waals surface area contributed by atoms with Crippen LogP contribution in [0.4, 0.5) is 16.2 Å². The number of amides is 2. The highest BCUT2D eigenvalue weighted by molar-refractivity contribution is 5.89. The molecular formula is C14H22N4O. The number of hydrogen-bond acceptors (Lipinski definition) is 3. The van der Waals surface area contributed by atoms with E-state index in [9.17, 15) is 4.79 Å². The number of nitrogens with two attached hydrogens (primary N) is 1. The minimum Gasteiger partial charge on any atom is -0.399 e. The van der Waals surface area contributed by atoms with Crippen LogP contribution in [0.1, 0.15) is 19.3 Å². The lowest BCUT2D eigenvalue weighted by molar-refractivity contribution is 0.251. The van der Waals surface area contributed by atoms with E-state index in [-0.39, 0.29) is 6.03 Å². The van der Waals surface area contributed by atoms with Crippen LogP contribution in [0.15, 0.2) is 24.3 Å². The van der Waals surface area contributed by atoms with Gasteiger partial charge in [0.15, 0.2) is 0 Å². The van der Waals surface area contributed by atoms with Crippen LogP contribution in [0.25, 0.3) is 0 Å². The smallest absolute Gasteiger partial charge is 0.319 e. The molecule has 5 nitrogen and oxygen atoms in total. The normalized spacial score (nSPS) is 15.4. The van der Waals surface area contributed by atoms with Gasteiger partial charge in [-0.3, -0.25) is 0 Å². The third-order valence-corrected chi connectivity index (χ3v) is 3.28. The number of anilines is 2. The van der Waals surface area contributed by atoms with Crippen molar-refractivity contribution in [1.82, 2.24) is 10.2 Å². The van der Waals surface area contributed by atoms with Crippen molar-refractivity contribution >= 4 is 17.4 Å². The monoisotopic (exact) mass is 262 g/mol. The largest absolute Gasteiger partial charge is 0.399 e. The molecule has 104 valence electrons. The molecule has 1 aliphatic rings. The van der Waals surface area contributed by atoms with E-state index < -0.39 is 0 Å². The Morgan fingerprint density at radius 2 is 2.11 bits per heavy atom. The number of hydrogen-bond donors (Lipinski definition) is 3. The van der Waals surface area contributed by atoms with Crippen molar-refractivity contribution in [1.29, 1.82) is 0 Å². The Bertz CT molecular complexity index is 416. The van der Waals surface area contributed by atoms with Gasteiger partial charge in [0.2, 0.25) is 0 Å². The third kappa shape index (κ3) is 4.79. The van der Waals surface area contributed by atoms with Crippen molar-refractivity contribution < 1.29 is 4.79 Å². The molecule has 19 heavy (non-hydrogen) atoms. The summed E-state index contributed by atoms with van der Waals surface area (Å²) < 4.78 is 0. The van der Waals surface area contributed by atoms with Gasteiger partial charge in [0.1, 0.15) is 0 Å². The molecule has 0 unspecified atom stereocenters. The second kappa shape index (κ2) is 6.99. The van der Waals surface area contributed by atoms with E-state index in [1.165, 1.54) is 25.9 Å². The number of carbonyl (C=O) groups is 1. The fourth-order valence-corrected chi connectivity index (χ4v) is 2.30. The summed E-state index contributed by atoms with van der Waals surface area (Å²) >= 11 is 0. The number of nitrogen functional groups attached to an aromatic ring is 1. The summed E-state index contributed by atoms with van der Waals surface area (Å²) in [6, 6.07) is 6.99. The van der Waals surface area contributed by atoms with Gasteiger partial charge in [0.25, 0.3) is 0 Å². The summed E-state index contributed by atoms with van der Waals surface area (Å²) in [6.07, 6.45) is 3.61. The van der Waals surface area contributed by atoms with Crippen molar-refractivity contribution in [2.75, 3.05) is 37.2 Å². The minimum absolute atomic E-state index is 0.174. The lowest BCUT2D eigenvalue weighted by atomic mass is 10.3. The predicted octanol–water partition coefficient (Wildman–Crippen LogP) is 1.88. The first-order chi connectivity index (χ1) is 9.24. The van der Waals surface area contributed by atoms with E-state index in [2.05, 4.69) is 15.5 Å². The van der Waals surface area contributed by atoms with E-state index in [1.54, 1.807) is 12.1 Å². The van der Waals surface area contributed by atoms with E-state index in [4.69, 9.17) is 5.73 Å². The molecule has 1 aromatic carbocycles. The highest BCUT2D eigenvalue weighted by atomic mass is 16.2. The molecule has 0 saturated carbocycles. The second-order valence-electron chi connectivity index (χ2n) is 4.91. The van der Waals surface area contributed by atoms with Gasteiger partial charge in [0.05, 0.1) is 0 Å². The van der Waals surface area contributed by atoms with Crippen molar-refractivity contribution in [2.45, 2.75) is 19.3 Å². The third-order valence-electron chi connectivity index (χ3n) is 3.28. The van der Waals surface area contributed by atoms with Gasteiger partial charge in [-0.25, -0.2) is 4.79 Å². The first-order valence-electron chi connectivity index (χ1n) is 6.87. The van der Waals surface area contributed by atoms with Crippen LogP contribution < -0.4 is 16.4 Å². The molecule has 2 rings (SSSR count). The van der Waals surface area contributed by atoms with Gasteiger partial charge >= 0.3 is 6.03 Å². The molecule has 0 aromatic heterocycles. The molecule has 1 saturated heterocycles. The molecule has 0 aliphatic carbocycles. The molecule has 0 radical (unpaired) electrons. The predicted molar refractivity (Wildman–Crippen MR) is 78.2 cm³/mol. The van der Waals surface area contributed by atoms with Crippen molar-refractivity contribution in [3.8, 4) is 0 Å². The lowest BCUT2D eigenvalue weighted by Crippen LogP contribution is -2.31. The summed E-state index contributed by atoms with van der Waals surface area (Å²) in [7, 11) is 0. The zero-order valence-electron chi connectivity index (χ0n) is 11.2. The fourth-order valence-electron chi connectivity index (χ4n) is 2.30. The van der Waals surface area contributed by atoms with Gasteiger partial charge in [0, 0.05) is 17.9 Å². The zero-order valence-corrected chi connectivity index (χ0v) is 11.2. The van der Waals surface area contributed by atoms with Gasteiger partial charge in [-0.1, -0.05) is 6.07 Å². The molecule has 1 heterocycles. The molecule has 0 spiro atoms. The average Bonchev–Trinajstić information content (AvgIpc) is 2.88. The molecule has 1 fully saturated rings. The van der Waals surface area contributed by atoms with E-state index in [1.807, 2.05) is 12.1 Å². The molecule has 4 N–H and O–H groups in total. The first-order valence-corrected chi connectivity index (χ1v) is 6.87. The number of benzene rings is 1. The Morgan fingerprint density at radius 1 is 1.32 bits per heavy atom. The van der Waals surface area contributed by atoms with Crippen molar-refractivity contribution in [2.24, 2.45) is 0 Å². The van der Waals surface area contributed by atoms with Gasteiger partial charge in [-0.15, -0.1) is 0 Å². The maximum atomic E-state index is 11.6. The fraction of sp³-hybridized carbons (Fsp3) is 0.500. The second-order valence-corrected chi connectivity index (χ2v) is 4.91. The standard InChI is InChI=1S/C14H22N4O/c15-12-5-3-6-13(11-12)17-14(19)16-7-4-10-18-8-1-2-9-18/h3,5-6,11H,1-2,4,7-10,15H2,(H2,16,17,19). The number of carbonyl (C=O) groups excluding carboxylic acids is 1. The van der Waals surface area contributed by atoms with Crippen molar-refractivity contribution in [3.05, 3.63) is 24.3 Å². The molecule has 5 heteroatoms. The Balaban J connectivity index is 1.61. The van der Waals surface area contributed by atoms with Crippen LogP contribution in [0.5, 0.6) is 0 Å². The van der Waals surface area contributed by atoms with E-state index >= 15 is 0 Å². The minimum atomic E-state index is -0.174. The first kappa shape index (κ1) is 13.7. The summed E-state index contributed by atoms with van der Waals surface area (Å²) in [4.78, 5) is 14.1. The van der Waals surface area contributed by atoms with Crippen LogP contribution in [0, 0.1) is 0 Å². The Labute approximate surface area is 114 Å². The quantitative estimate of drug-likeness (QED) is 0.560. The summed E-state index contributed by atoms with van der Waals surface area (Å²) in [5.74, 6) is 0. The van der Waals surface area contributed by atoms with Crippen LogP contribution in [0.2, 0.25) is 0 Å². The van der Waals surface area contributed by atoms with Crippen LogP contribution in [0.3, 0.4) is 0 Å². The highest BCUT2D eigenvalue weighted by Gasteiger charge is 2.10. The number of likely N-dealkylation sites (tertiary alicyclic amines) is 1. The number of urea groups is 1. The number of nitrogens with zero attached hydrogens (tertiary/aromatic N) is 1. The lowest BCUT2D eigenvalue weighted by Gasteiger charge is -2.14. The number of rotatable bonds is 5. The maximum absolute atomic E-state index is 11.6. The Hall–Kier alpha value is -1.75. The molecule has 1 aromatic rings. The molecule has 0 atom stereocenters. The topological polar surface area (TPSA) is 70.4 Å². The maximum Gasteiger partial charge on any atom is 0.319 e. The summed E-state index contributed by atoms with van der Waals surface area (Å²) in [6.45, 7) is 4.17. The van der Waals surface area contributed by atoms with Gasteiger partial charge < -0.3 is 21.3 Å².